The summed E-state index contributed by atoms with van der Waals surface area (Å²) in [6, 6.07) is 4.37. The average Bonchev–Trinajstić information content (AvgIpc) is 2.33. The topological polar surface area (TPSA) is 94.9 Å². The van der Waals surface area contributed by atoms with E-state index in [1.807, 2.05) is 0 Å². The third-order valence-electron chi connectivity index (χ3n) is 2.53. The van der Waals surface area contributed by atoms with Crippen molar-refractivity contribution in [2.24, 2.45) is 5.73 Å². The second-order valence-corrected chi connectivity index (χ2v) is 4.23. The third kappa shape index (κ3) is 2.79. The molecule has 1 aromatic heterocycles. The molecule has 0 atom stereocenters. The van der Waals surface area contributed by atoms with Crippen molar-refractivity contribution in [2.75, 3.05) is 5.73 Å². The summed E-state index contributed by atoms with van der Waals surface area (Å²) in [6.45, 7) is 0. The lowest BCUT2D eigenvalue weighted by Crippen LogP contribution is -2.16. The normalized spacial score (nSPS) is 10.4. The minimum atomic E-state index is -0.715. The first kappa shape index (κ1) is 13.2. The van der Waals surface area contributed by atoms with E-state index < -0.39 is 11.7 Å². The van der Waals surface area contributed by atoms with E-state index in [9.17, 15) is 9.18 Å². The van der Waals surface area contributed by atoms with Gasteiger partial charge in [0.1, 0.15) is 17.5 Å². The Morgan fingerprint density at radius 3 is 2.74 bits per heavy atom. The molecule has 0 unspecified atom stereocenters. The molecule has 1 aromatic carbocycles. The number of carbonyl (C=O) groups is 1. The van der Waals surface area contributed by atoms with Gasteiger partial charge in [-0.15, -0.1) is 0 Å². The van der Waals surface area contributed by atoms with Gasteiger partial charge >= 0.3 is 0 Å². The molecule has 0 aliphatic carbocycles. The van der Waals surface area contributed by atoms with E-state index >= 15 is 0 Å². The number of nitrogens with two attached hydrogens (primary N) is 2. The lowest BCUT2D eigenvalue weighted by atomic mass is 10.1. The molecule has 0 aliphatic heterocycles. The number of carbonyl (C=O) groups excluding carboxylic acids is 1. The van der Waals surface area contributed by atoms with E-state index in [4.69, 9.17) is 23.1 Å². The number of hydrogen-bond acceptors (Lipinski definition) is 4. The number of amides is 1. The van der Waals surface area contributed by atoms with Gasteiger partial charge in [-0.05, 0) is 12.1 Å². The zero-order chi connectivity index (χ0) is 14.0. The highest BCUT2D eigenvalue weighted by molar-refractivity contribution is 6.31. The Bertz CT molecular complexity index is 627. The Labute approximate surface area is 113 Å². The smallest absolute Gasteiger partial charge is 0.254 e. The molecule has 2 aromatic rings. The minimum absolute atomic E-state index is 0.0309. The predicted molar refractivity (Wildman–Crippen MR) is 69.2 cm³/mol. The van der Waals surface area contributed by atoms with Crippen LogP contribution in [0.4, 0.5) is 10.2 Å². The highest BCUT2D eigenvalue weighted by Gasteiger charge is 2.13. The van der Waals surface area contributed by atoms with Crippen molar-refractivity contribution in [3.8, 4) is 0 Å². The molecular formula is C12H10ClFN4O. The largest absolute Gasteiger partial charge is 0.383 e. The second-order valence-electron chi connectivity index (χ2n) is 3.83. The molecule has 19 heavy (non-hydrogen) atoms. The van der Waals surface area contributed by atoms with Crippen molar-refractivity contribution < 1.29 is 9.18 Å². The number of benzene rings is 1. The maximum atomic E-state index is 13.6. The fraction of sp³-hybridized carbons (Fsp3) is 0.0833. The molecule has 98 valence electrons. The van der Waals surface area contributed by atoms with Crippen LogP contribution in [0, 0.1) is 5.82 Å². The maximum absolute atomic E-state index is 13.6. The van der Waals surface area contributed by atoms with Crippen molar-refractivity contribution in [3.63, 3.8) is 0 Å². The SMILES string of the molecule is NC(=O)c1cnc(Cc2c(F)cccc2Cl)nc1N. The average molecular weight is 281 g/mol. The van der Waals surface area contributed by atoms with E-state index in [1.54, 1.807) is 6.07 Å². The summed E-state index contributed by atoms with van der Waals surface area (Å²) in [4.78, 5) is 18.8. The molecule has 4 N–H and O–H groups in total. The fourth-order valence-corrected chi connectivity index (χ4v) is 1.80. The van der Waals surface area contributed by atoms with Gasteiger partial charge in [-0.1, -0.05) is 17.7 Å². The molecule has 0 aliphatic rings. The number of aromatic nitrogens is 2. The quantitative estimate of drug-likeness (QED) is 0.891. The molecule has 7 heteroatoms. The molecule has 0 bridgehead atoms. The summed E-state index contributed by atoms with van der Waals surface area (Å²) in [6.07, 6.45) is 1.30. The third-order valence-corrected chi connectivity index (χ3v) is 2.88. The van der Waals surface area contributed by atoms with Crippen LogP contribution in [0.1, 0.15) is 21.7 Å². The number of primary amides is 1. The highest BCUT2D eigenvalue weighted by atomic mass is 35.5. The maximum Gasteiger partial charge on any atom is 0.254 e. The van der Waals surface area contributed by atoms with Gasteiger partial charge in [0.25, 0.3) is 5.91 Å². The van der Waals surface area contributed by atoms with E-state index in [1.165, 1.54) is 18.3 Å². The molecule has 2 rings (SSSR count). The Morgan fingerprint density at radius 2 is 2.16 bits per heavy atom. The van der Waals surface area contributed by atoms with Crippen LogP contribution in [-0.2, 0) is 6.42 Å². The van der Waals surface area contributed by atoms with Gasteiger partial charge in [0, 0.05) is 23.2 Å². The number of halogens is 2. The van der Waals surface area contributed by atoms with E-state index in [2.05, 4.69) is 9.97 Å². The van der Waals surface area contributed by atoms with E-state index in [-0.39, 0.29) is 34.2 Å². The predicted octanol–water partition coefficient (Wildman–Crippen LogP) is 1.54. The Morgan fingerprint density at radius 1 is 1.42 bits per heavy atom. The van der Waals surface area contributed by atoms with E-state index in [0.717, 1.165) is 0 Å². The number of nitrogens with zero attached hydrogens (tertiary/aromatic N) is 2. The van der Waals surface area contributed by atoms with Crippen molar-refractivity contribution in [2.45, 2.75) is 6.42 Å². The van der Waals surface area contributed by atoms with Gasteiger partial charge in [-0.3, -0.25) is 4.79 Å². The molecule has 5 nitrogen and oxygen atoms in total. The number of anilines is 1. The first-order valence-corrected chi connectivity index (χ1v) is 5.71. The van der Waals surface area contributed by atoms with Crippen LogP contribution in [0.25, 0.3) is 0 Å². The Hall–Kier alpha value is -2.21. The monoisotopic (exact) mass is 280 g/mol. The highest BCUT2D eigenvalue weighted by Crippen LogP contribution is 2.21. The summed E-state index contributed by atoms with van der Waals surface area (Å²) < 4.78 is 13.6. The first-order chi connectivity index (χ1) is 8.99. The molecule has 0 saturated heterocycles. The molecule has 1 heterocycles. The lowest BCUT2D eigenvalue weighted by molar-refractivity contribution is 0.100. The van der Waals surface area contributed by atoms with Crippen LogP contribution < -0.4 is 11.5 Å². The van der Waals surface area contributed by atoms with Crippen LogP contribution in [0.2, 0.25) is 5.02 Å². The molecule has 0 spiro atoms. The number of rotatable bonds is 3. The lowest BCUT2D eigenvalue weighted by Gasteiger charge is -2.06. The number of nitrogen functional groups attached to an aromatic ring is 1. The molecule has 0 radical (unpaired) electrons. The fourth-order valence-electron chi connectivity index (χ4n) is 1.57. The zero-order valence-corrected chi connectivity index (χ0v) is 10.5. The van der Waals surface area contributed by atoms with Gasteiger partial charge in [-0.25, -0.2) is 14.4 Å². The van der Waals surface area contributed by atoms with Gasteiger partial charge in [0.2, 0.25) is 0 Å². The molecule has 0 fully saturated rings. The van der Waals surface area contributed by atoms with E-state index in [0.29, 0.717) is 0 Å². The van der Waals surface area contributed by atoms with Gasteiger partial charge < -0.3 is 11.5 Å². The first-order valence-electron chi connectivity index (χ1n) is 5.33. The Balaban J connectivity index is 2.34. The van der Waals surface area contributed by atoms with Crippen LogP contribution in [-0.4, -0.2) is 15.9 Å². The van der Waals surface area contributed by atoms with Crippen LogP contribution in [0.15, 0.2) is 24.4 Å². The van der Waals surface area contributed by atoms with Crippen molar-refractivity contribution >= 4 is 23.3 Å². The van der Waals surface area contributed by atoms with Gasteiger partial charge in [-0.2, -0.15) is 0 Å². The second kappa shape index (κ2) is 5.19. The summed E-state index contributed by atoms with van der Waals surface area (Å²) in [7, 11) is 0. The summed E-state index contributed by atoms with van der Waals surface area (Å²) in [5, 5.41) is 0.279. The summed E-state index contributed by atoms with van der Waals surface area (Å²) >= 11 is 5.90. The Kier molecular flexibility index (Phi) is 3.62. The molecule has 0 saturated carbocycles. The van der Waals surface area contributed by atoms with Crippen LogP contribution in [0.5, 0.6) is 0 Å². The van der Waals surface area contributed by atoms with Crippen LogP contribution >= 0.6 is 11.6 Å². The minimum Gasteiger partial charge on any atom is -0.383 e. The van der Waals surface area contributed by atoms with Crippen molar-refractivity contribution in [1.82, 2.24) is 9.97 Å². The van der Waals surface area contributed by atoms with Gasteiger partial charge in [0.15, 0.2) is 0 Å². The zero-order valence-electron chi connectivity index (χ0n) is 9.73. The van der Waals surface area contributed by atoms with Gasteiger partial charge in [0.05, 0.1) is 5.56 Å². The van der Waals surface area contributed by atoms with Crippen molar-refractivity contribution in [1.29, 1.82) is 0 Å². The number of hydrogen-bond donors (Lipinski definition) is 2. The standard InChI is InChI=1S/C12H10ClFN4O/c13-8-2-1-3-9(14)6(8)4-10-17-5-7(12(16)19)11(15)18-10/h1-3,5H,4H2,(H2,16,19)(H2,15,17,18). The van der Waals surface area contributed by atoms with Crippen molar-refractivity contribution in [3.05, 3.63) is 52.2 Å². The summed E-state index contributed by atoms with van der Waals surface area (Å²) in [5.74, 6) is -0.943. The summed E-state index contributed by atoms with van der Waals surface area (Å²) in [5.41, 5.74) is 11.0. The molecular weight excluding hydrogens is 271 g/mol. The molecule has 1 amide bonds. The van der Waals surface area contributed by atoms with Crippen LogP contribution in [0.3, 0.4) is 0 Å².